The fraction of sp³-hybridized carbons (Fsp3) is 0.571. The van der Waals surface area contributed by atoms with E-state index in [0.717, 1.165) is 37.7 Å². The van der Waals surface area contributed by atoms with Crippen LogP contribution in [0.3, 0.4) is 0 Å². The average Bonchev–Trinajstić information content (AvgIpc) is 2.72. The first-order chi connectivity index (χ1) is 8.81. The van der Waals surface area contributed by atoms with Gasteiger partial charge in [-0.15, -0.1) is 0 Å². The lowest BCUT2D eigenvalue weighted by molar-refractivity contribution is 0.174. The van der Waals surface area contributed by atoms with Gasteiger partial charge in [0, 0.05) is 19.1 Å². The predicted molar refractivity (Wildman–Crippen MR) is 69.9 cm³/mol. The molecule has 18 heavy (non-hydrogen) atoms. The number of rotatable bonds is 2. The second-order valence-electron chi connectivity index (χ2n) is 5.13. The molecule has 1 atom stereocenters. The largest absolute Gasteiger partial charge is 0.454 e. The molecule has 3 rings (SSSR count). The van der Waals surface area contributed by atoms with E-state index in [4.69, 9.17) is 9.47 Å². The van der Waals surface area contributed by atoms with E-state index in [9.17, 15) is 0 Å². The van der Waals surface area contributed by atoms with Crippen molar-refractivity contribution in [2.75, 3.05) is 26.4 Å². The molecule has 0 aromatic heterocycles. The molecular formula is C14H20N2O2. The third-order valence-corrected chi connectivity index (χ3v) is 3.52. The molecule has 0 radical (unpaired) electrons. The standard InChI is InChI=1S/C14H20N2O2/c1-11-8-16(6-2-5-15-11)9-12-3-4-13-14(7-12)18-10-17-13/h3-4,7,11,15H,2,5-6,8-10H2,1H3. The second-order valence-corrected chi connectivity index (χ2v) is 5.13. The topological polar surface area (TPSA) is 33.7 Å². The van der Waals surface area contributed by atoms with Crippen LogP contribution in [0.25, 0.3) is 0 Å². The summed E-state index contributed by atoms with van der Waals surface area (Å²) < 4.78 is 10.8. The molecule has 1 aromatic carbocycles. The summed E-state index contributed by atoms with van der Waals surface area (Å²) in [5, 5.41) is 3.52. The minimum absolute atomic E-state index is 0.351. The van der Waals surface area contributed by atoms with Crippen LogP contribution in [0.2, 0.25) is 0 Å². The van der Waals surface area contributed by atoms with Crippen LogP contribution >= 0.6 is 0 Å². The van der Waals surface area contributed by atoms with Crippen LogP contribution in [0.4, 0.5) is 0 Å². The van der Waals surface area contributed by atoms with Crippen LogP contribution in [0.1, 0.15) is 18.9 Å². The zero-order valence-corrected chi connectivity index (χ0v) is 10.8. The molecule has 1 fully saturated rings. The van der Waals surface area contributed by atoms with Gasteiger partial charge in [-0.05, 0) is 44.1 Å². The molecule has 4 heteroatoms. The van der Waals surface area contributed by atoms with Crippen molar-refractivity contribution in [2.45, 2.75) is 25.9 Å². The van der Waals surface area contributed by atoms with Crippen LogP contribution in [0.5, 0.6) is 11.5 Å². The maximum atomic E-state index is 5.42. The van der Waals surface area contributed by atoms with E-state index in [0.29, 0.717) is 12.8 Å². The van der Waals surface area contributed by atoms with Crippen molar-refractivity contribution in [1.29, 1.82) is 0 Å². The van der Waals surface area contributed by atoms with Gasteiger partial charge in [0.25, 0.3) is 0 Å². The van der Waals surface area contributed by atoms with Gasteiger partial charge in [0.15, 0.2) is 11.5 Å². The predicted octanol–water partition coefficient (Wildman–Crippen LogP) is 1.60. The van der Waals surface area contributed by atoms with Crippen molar-refractivity contribution in [1.82, 2.24) is 10.2 Å². The summed E-state index contributed by atoms with van der Waals surface area (Å²) in [7, 11) is 0. The van der Waals surface area contributed by atoms with Gasteiger partial charge in [0.05, 0.1) is 0 Å². The monoisotopic (exact) mass is 248 g/mol. The number of nitrogens with zero attached hydrogens (tertiary/aromatic N) is 1. The Morgan fingerprint density at radius 1 is 1.33 bits per heavy atom. The van der Waals surface area contributed by atoms with Crippen LogP contribution in [0.15, 0.2) is 18.2 Å². The van der Waals surface area contributed by atoms with Crippen molar-refractivity contribution in [3.05, 3.63) is 23.8 Å². The normalized spacial score (nSPS) is 23.9. The number of benzene rings is 1. The Bertz CT molecular complexity index is 422. The highest BCUT2D eigenvalue weighted by molar-refractivity contribution is 5.44. The third kappa shape index (κ3) is 2.60. The van der Waals surface area contributed by atoms with E-state index in [1.165, 1.54) is 12.0 Å². The zero-order chi connectivity index (χ0) is 12.4. The fourth-order valence-electron chi connectivity index (χ4n) is 2.64. The first kappa shape index (κ1) is 11.8. The van der Waals surface area contributed by atoms with E-state index in [1.807, 2.05) is 6.07 Å². The highest BCUT2D eigenvalue weighted by atomic mass is 16.7. The lowest BCUT2D eigenvalue weighted by Gasteiger charge is -2.22. The molecule has 2 aliphatic heterocycles. The SMILES string of the molecule is CC1CN(Cc2ccc3c(c2)OCO3)CCCN1. The van der Waals surface area contributed by atoms with Gasteiger partial charge in [-0.3, -0.25) is 4.90 Å². The minimum atomic E-state index is 0.351. The lowest BCUT2D eigenvalue weighted by atomic mass is 10.2. The van der Waals surface area contributed by atoms with Gasteiger partial charge >= 0.3 is 0 Å². The molecule has 2 aliphatic rings. The van der Waals surface area contributed by atoms with Crippen LogP contribution in [0, 0.1) is 0 Å². The molecule has 0 aliphatic carbocycles. The van der Waals surface area contributed by atoms with Crippen LogP contribution < -0.4 is 14.8 Å². The van der Waals surface area contributed by atoms with Gasteiger partial charge < -0.3 is 14.8 Å². The van der Waals surface area contributed by atoms with Crippen LogP contribution in [-0.2, 0) is 6.54 Å². The Morgan fingerprint density at radius 2 is 2.22 bits per heavy atom. The molecule has 0 spiro atoms. The number of hydrogen-bond donors (Lipinski definition) is 1. The number of ether oxygens (including phenoxy) is 2. The summed E-state index contributed by atoms with van der Waals surface area (Å²) in [5.74, 6) is 1.75. The van der Waals surface area contributed by atoms with E-state index in [2.05, 4.69) is 29.3 Å². The van der Waals surface area contributed by atoms with Gasteiger partial charge in [-0.25, -0.2) is 0 Å². The molecule has 4 nitrogen and oxygen atoms in total. The van der Waals surface area contributed by atoms with Crippen molar-refractivity contribution in [2.24, 2.45) is 0 Å². The quantitative estimate of drug-likeness (QED) is 0.862. The average molecular weight is 248 g/mol. The molecule has 2 heterocycles. The summed E-state index contributed by atoms with van der Waals surface area (Å²) in [5.41, 5.74) is 1.30. The molecule has 0 saturated carbocycles. The summed E-state index contributed by atoms with van der Waals surface area (Å²) in [4.78, 5) is 2.50. The van der Waals surface area contributed by atoms with Crippen molar-refractivity contribution in [3.8, 4) is 11.5 Å². The Kier molecular flexibility index (Phi) is 3.39. The van der Waals surface area contributed by atoms with E-state index in [-0.39, 0.29) is 0 Å². The van der Waals surface area contributed by atoms with Gasteiger partial charge in [0.2, 0.25) is 6.79 Å². The van der Waals surface area contributed by atoms with Gasteiger partial charge in [-0.2, -0.15) is 0 Å². The highest BCUT2D eigenvalue weighted by Gasteiger charge is 2.17. The molecule has 1 aromatic rings. The molecule has 1 unspecified atom stereocenters. The summed E-state index contributed by atoms with van der Waals surface area (Å²) >= 11 is 0. The lowest BCUT2D eigenvalue weighted by Crippen LogP contribution is -2.34. The molecule has 0 amide bonds. The molecule has 98 valence electrons. The van der Waals surface area contributed by atoms with Gasteiger partial charge in [0.1, 0.15) is 0 Å². The summed E-state index contributed by atoms with van der Waals surface area (Å²) in [6.45, 7) is 6.98. The third-order valence-electron chi connectivity index (χ3n) is 3.52. The van der Waals surface area contributed by atoms with Crippen molar-refractivity contribution >= 4 is 0 Å². The van der Waals surface area contributed by atoms with Crippen molar-refractivity contribution in [3.63, 3.8) is 0 Å². The number of nitrogens with one attached hydrogen (secondary N) is 1. The molecular weight excluding hydrogens is 228 g/mol. The first-order valence-electron chi connectivity index (χ1n) is 6.65. The second kappa shape index (κ2) is 5.16. The van der Waals surface area contributed by atoms with Crippen molar-refractivity contribution < 1.29 is 9.47 Å². The Morgan fingerprint density at radius 3 is 3.17 bits per heavy atom. The Hall–Kier alpha value is -1.26. The molecule has 1 saturated heterocycles. The summed E-state index contributed by atoms with van der Waals surface area (Å²) in [6, 6.07) is 6.82. The smallest absolute Gasteiger partial charge is 0.231 e. The number of fused-ring (bicyclic) bond motifs is 1. The summed E-state index contributed by atoms with van der Waals surface area (Å²) in [6.07, 6.45) is 1.22. The molecule has 0 bridgehead atoms. The fourth-order valence-corrected chi connectivity index (χ4v) is 2.64. The van der Waals surface area contributed by atoms with Gasteiger partial charge in [-0.1, -0.05) is 6.07 Å². The van der Waals surface area contributed by atoms with Crippen LogP contribution in [-0.4, -0.2) is 37.4 Å². The highest BCUT2D eigenvalue weighted by Crippen LogP contribution is 2.32. The Balaban J connectivity index is 1.68. The maximum absolute atomic E-state index is 5.42. The maximum Gasteiger partial charge on any atom is 0.231 e. The number of hydrogen-bond acceptors (Lipinski definition) is 4. The first-order valence-corrected chi connectivity index (χ1v) is 6.65. The Labute approximate surface area is 108 Å². The minimum Gasteiger partial charge on any atom is -0.454 e. The van der Waals surface area contributed by atoms with E-state index >= 15 is 0 Å². The zero-order valence-electron chi connectivity index (χ0n) is 10.8. The van der Waals surface area contributed by atoms with E-state index in [1.54, 1.807) is 0 Å². The van der Waals surface area contributed by atoms with E-state index < -0.39 is 0 Å². The molecule has 1 N–H and O–H groups in total.